The van der Waals surface area contributed by atoms with Crippen molar-refractivity contribution in [1.29, 1.82) is 0 Å². The van der Waals surface area contributed by atoms with Crippen LogP contribution in [0.5, 0.6) is 5.88 Å². The van der Waals surface area contributed by atoms with E-state index in [1.165, 1.54) is 25.0 Å². The van der Waals surface area contributed by atoms with E-state index in [-0.39, 0.29) is 5.91 Å². The van der Waals surface area contributed by atoms with Crippen molar-refractivity contribution < 1.29 is 9.53 Å². The van der Waals surface area contributed by atoms with E-state index in [9.17, 15) is 4.79 Å². The lowest BCUT2D eigenvalue weighted by Gasteiger charge is -2.09. The van der Waals surface area contributed by atoms with Crippen LogP contribution < -0.4 is 15.8 Å². The summed E-state index contributed by atoms with van der Waals surface area (Å²) in [4.78, 5) is 20.1. The molecule has 7 heteroatoms. The zero-order chi connectivity index (χ0) is 15.2. The number of amides is 1. The molecule has 110 valence electrons. The SMILES string of the molecule is CCOc1ncnc(Sc2ccc(NC(C)=O)cc2)c1N. The van der Waals surface area contributed by atoms with E-state index in [4.69, 9.17) is 10.5 Å². The van der Waals surface area contributed by atoms with Crippen molar-refractivity contribution in [3.63, 3.8) is 0 Å². The smallest absolute Gasteiger partial charge is 0.241 e. The summed E-state index contributed by atoms with van der Waals surface area (Å²) in [5.41, 5.74) is 7.16. The molecule has 1 aromatic heterocycles. The topological polar surface area (TPSA) is 90.1 Å². The van der Waals surface area contributed by atoms with Gasteiger partial charge in [-0.2, -0.15) is 4.98 Å². The summed E-state index contributed by atoms with van der Waals surface area (Å²) in [6, 6.07) is 7.42. The van der Waals surface area contributed by atoms with Crippen LogP contribution >= 0.6 is 11.8 Å². The number of hydrogen-bond acceptors (Lipinski definition) is 6. The third-order valence-corrected chi connectivity index (χ3v) is 3.51. The Bertz CT molecular complexity index is 631. The fourth-order valence-electron chi connectivity index (χ4n) is 1.62. The van der Waals surface area contributed by atoms with E-state index in [1.54, 1.807) is 0 Å². The molecule has 0 saturated heterocycles. The van der Waals surface area contributed by atoms with Crippen molar-refractivity contribution in [2.75, 3.05) is 17.7 Å². The molecular formula is C14H16N4O2S. The van der Waals surface area contributed by atoms with Crippen molar-refractivity contribution >= 4 is 29.0 Å². The van der Waals surface area contributed by atoms with E-state index in [1.807, 2.05) is 31.2 Å². The highest BCUT2D eigenvalue weighted by atomic mass is 32.2. The van der Waals surface area contributed by atoms with Crippen molar-refractivity contribution in [2.45, 2.75) is 23.8 Å². The van der Waals surface area contributed by atoms with Crippen LogP contribution in [0.4, 0.5) is 11.4 Å². The third-order valence-electron chi connectivity index (χ3n) is 2.48. The molecule has 1 amide bonds. The summed E-state index contributed by atoms with van der Waals surface area (Å²) in [5.74, 6) is 0.293. The largest absolute Gasteiger partial charge is 0.476 e. The molecule has 0 saturated carbocycles. The van der Waals surface area contributed by atoms with Crippen molar-refractivity contribution in [3.8, 4) is 5.88 Å². The van der Waals surface area contributed by atoms with Gasteiger partial charge in [-0.1, -0.05) is 11.8 Å². The minimum Gasteiger partial charge on any atom is -0.476 e. The predicted molar refractivity (Wildman–Crippen MR) is 82.5 cm³/mol. The molecule has 0 aliphatic rings. The summed E-state index contributed by atoms with van der Waals surface area (Å²) >= 11 is 1.41. The third kappa shape index (κ3) is 4.09. The number of rotatable bonds is 5. The molecule has 21 heavy (non-hydrogen) atoms. The number of nitrogen functional groups attached to an aromatic ring is 1. The van der Waals surface area contributed by atoms with Gasteiger partial charge >= 0.3 is 0 Å². The van der Waals surface area contributed by atoms with Gasteiger partial charge in [-0.25, -0.2) is 4.98 Å². The maximum atomic E-state index is 11.0. The number of aromatic nitrogens is 2. The second-order valence-electron chi connectivity index (χ2n) is 4.14. The average molecular weight is 304 g/mol. The minimum atomic E-state index is -0.100. The van der Waals surface area contributed by atoms with Crippen LogP contribution in [-0.4, -0.2) is 22.5 Å². The first-order valence-corrected chi connectivity index (χ1v) is 7.20. The molecule has 1 heterocycles. The molecule has 1 aromatic carbocycles. The maximum Gasteiger partial charge on any atom is 0.241 e. The molecule has 6 nitrogen and oxygen atoms in total. The average Bonchev–Trinajstić information content (AvgIpc) is 2.45. The van der Waals surface area contributed by atoms with Gasteiger partial charge in [0.05, 0.1) is 6.61 Å². The first-order valence-electron chi connectivity index (χ1n) is 6.39. The number of nitrogens with zero attached hydrogens (tertiary/aromatic N) is 2. The van der Waals surface area contributed by atoms with Crippen LogP contribution in [0.1, 0.15) is 13.8 Å². The molecule has 0 radical (unpaired) electrons. The highest BCUT2D eigenvalue weighted by molar-refractivity contribution is 7.99. The van der Waals surface area contributed by atoms with Gasteiger partial charge in [0.25, 0.3) is 0 Å². The van der Waals surface area contributed by atoms with E-state index in [2.05, 4.69) is 15.3 Å². The predicted octanol–water partition coefficient (Wildman–Crippen LogP) is 2.57. The summed E-state index contributed by atoms with van der Waals surface area (Å²) in [7, 11) is 0. The van der Waals surface area contributed by atoms with Gasteiger partial charge in [0.2, 0.25) is 11.8 Å². The van der Waals surface area contributed by atoms with Crippen molar-refractivity contribution in [1.82, 2.24) is 9.97 Å². The quantitative estimate of drug-likeness (QED) is 0.825. The lowest BCUT2D eigenvalue weighted by atomic mass is 10.3. The first kappa shape index (κ1) is 15.1. The number of ether oxygens (including phenoxy) is 1. The fraction of sp³-hybridized carbons (Fsp3) is 0.214. The Kier molecular flexibility index (Phi) is 4.99. The second-order valence-corrected chi connectivity index (χ2v) is 5.20. The van der Waals surface area contributed by atoms with Gasteiger partial charge in [-0.15, -0.1) is 0 Å². The van der Waals surface area contributed by atoms with Crippen molar-refractivity contribution in [3.05, 3.63) is 30.6 Å². The van der Waals surface area contributed by atoms with Crippen LogP contribution in [0.15, 0.2) is 40.5 Å². The summed E-state index contributed by atoms with van der Waals surface area (Å²) in [5, 5.41) is 3.35. The highest BCUT2D eigenvalue weighted by Gasteiger charge is 2.10. The standard InChI is InChI=1S/C14H16N4O2S/c1-3-20-13-12(15)14(17-8-16-13)21-11-6-4-10(5-7-11)18-9(2)19/h4-8H,3,15H2,1-2H3,(H,18,19). The van der Waals surface area contributed by atoms with Gasteiger partial charge in [-0.3, -0.25) is 4.79 Å². The molecule has 0 unspecified atom stereocenters. The fourth-order valence-corrected chi connectivity index (χ4v) is 2.41. The number of carbonyl (C=O) groups excluding carboxylic acids is 1. The van der Waals surface area contributed by atoms with Crippen molar-refractivity contribution in [2.24, 2.45) is 0 Å². The summed E-state index contributed by atoms with van der Waals surface area (Å²) in [6.07, 6.45) is 1.43. The Hall–Kier alpha value is -2.28. The van der Waals surface area contributed by atoms with Gasteiger partial charge in [0, 0.05) is 17.5 Å². The molecular weight excluding hydrogens is 288 g/mol. The van der Waals surface area contributed by atoms with Gasteiger partial charge in [0.15, 0.2) is 0 Å². The van der Waals surface area contributed by atoms with Gasteiger partial charge < -0.3 is 15.8 Å². The number of carbonyl (C=O) groups is 1. The van der Waals surface area contributed by atoms with Crippen LogP contribution in [0, 0.1) is 0 Å². The van der Waals surface area contributed by atoms with Crippen LogP contribution in [0.3, 0.4) is 0 Å². The molecule has 0 spiro atoms. The molecule has 0 aliphatic heterocycles. The lowest BCUT2D eigenvalue weighted by Crippen LogP contribution is -2.05. The Morgan fingerprint density at radius 3 is 2.67 bits per heavy atom. The summed E-state index contributed by atoms with van der Waals surface area (Å²) < 4.78 is 5.34. The number of benzene rings is 1. The van der Waals surface area contributed by atoms with E-state index < -0.39 is 0 Å². The van der Waals surface area contributed by atoms with E-state index >= 15 is 0 Å². The van der Waals surface area contributed by atoms with Crippen LogP contribution in [-0.2, 0) is 4.79 Å². The molecule has 0 bridgehead atoms. The van der Waals surface area contributed by atoms with Crippen LogP contribution in [0.25, 0.3) is 0 Å². The first-order chi connectivity index (χ1) is 10.1. The molecule has 2 aromatic rings. The number of nitrogens with one attached hydrogen (secondary N) is 1. The number of nitrogens with two attached hydrogens (primary N) is 1. The Labute approximate surface area is 127 Å². The summed E-state index contributed by atoms with van der Waals surface area (Å²) in [6.45, 7) is 3.84. The highest BCUT2D eigenvalue weighted by Crippen LogP contribution is 2.34. The zero-order valence-corrected chi connectivity index (χ0v) is 12.6. The molecule has 0 atom stereocenters. The number of anilines is 2. The lowest BCUT2D eigenvalue weighted by molar-refractivity contribution is -0.114. The monoisotopic (exact) mass is 304 g/mol. The van der Waals surface area contributed by atoms with E-state index in [0.717, 1.165) is 10.6 Å². The Morgan fingerprint density at radius 1 is 1.33 bits per heavy atom. The van der Waals surface area contributed by atoms with Gasteiger partial charge in [0.1, 0.15) is 17.0 Å². The molecule has 0 fully saturated rings. The normalized spacial score (nSPS) is 10.2. The molecule has 3 N–H and O–H groups in total. The van der Waals surface area contributed by atoms with E-state index in [0.29, 0.717) is 23.2 Å². The van der Waals surface area contributed by atoms with Gasteiger partial charge in [-0.05, 0) is 31.2 Å². The Morgan fingerprint density at radius 2 is 2.05 bits per heavy atom. The number of hydrogen-bond donors (Lipinski definition) is 2. The van der Waals surface area contributed by atoms with Crippen LogP contribution in [0.2, 0.25) is 0 Å². The zero-order valence-electron chi connectivity index (χ0n) is 11.8. The Balaban J connectivity index is 2.14. The second kappa shape index (κ2) is 6.94. The molecule has 2 rings (SSSR count). The molecule has 0 aliphatic carbocycles. The maximum absolute atomic E-state index is 11.0. The minimum absolute atomic E-state index is 0.100.